The van der Waals surface area contributed by atoms with E-state index in [-0.39, 0.29) is 11.5 Å². The smallest absolute Gasteiger partial charge is 0.399 e. The first-order valence-corrected chi connectivity index (χ1v) is 8.31. The van der Waals surface area contributed by atoms with E-state index in [9.17, 15) is 8.78 Å². The minimum Gasteiger partial charge on any atom is -0.399 e. The van der Waals surface area contributed by atoms with Gasteiger partial charge in [-0.25, -0.2) is 0 Å². The molecule has 1 aromatic heterocycles. The lowest BCUT2D eigenvalue weighted by Crippen LogP contribution is -2.41. The van der Waals surface area contributed by atoms with E-state index < -0.39 is 24.6 Å². The van der Waals surface area contributed by atoms with Gasteiger partial charge in [-0.15, -0.1) is 8.78 Å². The largest absolute Gasteiger partial charge is 0.586 e. The Bertz CT molecular complexity index is 837. The molecular weight excluding hydrogens is 345 g/mol. The summed E-state index contributed by atoms with van der Waals surface area (Å²) in [6, 6.07) is 4.68. The summed E-state index contributed by atoms with van der Waals surface area (Å²) < 4.78 is 48.8. The normalized spacial score (nSPS) is 22.0. The predicted octanol–water partition coefficient (Wildman–Crippen LogP) is 2.55. The molecule has 0 spiro atoms. The first kappa shape index (κ1) is 17.3. The number of ether oxygens (including phenoxy) is 2. The summed E-state index contributed by atoms with van der Waals surface area (Å²) in [7, 11) is -0.496. The zero-order valence-corrected chi connectivity index (χ0v) is 15.0. The lowest BCUT2D eigenvalue weighted by atomic mass is 9.82. The van der Waals surface area contributed by atoms with Crippen molar-refractivity contribution in [1.29, 1.82) is 0 Å². The monoisotopic (exact) mass is 364 g/mol. The molecule has 26 heavy (non-hydrogen) atoms. The summed E-state index contributed by atoms with van der Waals surface area (Å²) in [6.07, 6.45) is -0.110. The van der Waals surface area contributed by atoms with Crippen LogP contribution in [0.1, 0.15) is 33.3 Å². The zero-order chi connectivity index (χ0) is 18.7. The second-order valence-corrected chi connectivity index (χ2v) is 7.51. The Hall–Kier alpha value is -2.13. The van der Waals surface area contributed by atoms with Crippen LogP contribution in [0.25, 0.3) is 0 Å². The quantitative estimate of drug-likeness (QED) is 0.784. The first-order chi connectivity index (χ1) is 12.0. The Morgan fingerprint density at radius 3 is 2.38 bits per heavy atom. The van der Waals surface area contributed by atoms with Crippen LogP contribution in [-0.2, 0) is 15.9 Å². The molecule has 1 aromatic carbocycles. The van der Waals surface area contributed by atoms with Gasteiger partial charge in [-0.1, -0.05) is 6.07 Å². The van der Waals surface area contributed by atoms with E-state index in [4.69, 9.17) is 9.31 Å². The zero-order valence-electron chi connectivity index (χ0n) is 15.0. The van der Waals surface area contributed by atoms with Crippen molar-refractivity contribution < 1.29 is 27.6 Å². The van der Waals surface area contributed by atoms with Crippen molar-refractivity contribution in [2.75, 3.05) is 0 Å². The molecule has 4 rings (SSSR count). The van der Waals surface area contributed by atoms with Crippen LogP contribution in [-0.4, -0.2) is 34.4 Å². The molecule has 3 heterocycles. The van der Waals surface area contributed by atoms with Gasteiger partial charge in [0.25, 0.3) is 0 Å². The van der Waals surface area contributed by atoms with Gasteiger partial charge in [-0.3, -0.25) is 4.68 Å². The van der Waals surface area contributed by atoms with Crippen LogP contribution in [0.2, 0.25) is 0 Å². The van der Waals surface area contributed by atoms with Gasteiger partial charge in [0.15, 0.2) is 11.5 Å². The van der Waals surface area contributed by atoms with Crippen LogP contribution < -0.4 is 14.9 Å². The van der Waals surface area contributed by atoms with Gasteiger partial charge in [0, 0.05) is 17.9 Å². The molecule has 2 aliphatic rings. The second-order valence-electron chi connectivity index (χ2n) is 7.51. The van der Waals surface area contributed by atoms with Crippen molar-refractivity contribution in [2.45, 2.75) is 51.7 Å². The number of alkyl halides is 2. The summed E-state index contributed by atoms with van der Waals surface area (Å²) in [5.41, 5.74) is 0.703. The van der Waals surface area contributed by atoms with Gasteiger partial charge in [0.05, 0.1) is 17.7 Å². The Balaban J connectivity index is 1.49. The highest BCUT2D eigenvalue weighted by Crippen LogP contribution is 2.41. The average Bonchev–Trinajstić information content (AvgIpc) is 3.13. The van der Waals surface area contributed by atoms with Gasteiger partial charge in [-0.2, -0.15) is 5.10 Å². The van der Waals surface area contributed by atoms with Crippen molar-refractivity contribution in [3.63, 3.8) is 0 Å². The Kier molecular flexibility index (Phi) is 3.62. The Morgan fingerprint density at radius 2 is 1.69 bits per heavy atom. The van der Waals surface area contributed by atoms with E-state index in [0.717, 1.165) is 11.0 Å². The van der Waals surface area contributed by atoms with Crippen molar-refractivity contribution in [3.8, 4) is 11.5 Å². The van der Waals surface area contributed by atoms with E-state index in [2.05, 4.69) is 14.6 Å². The number of benzene rings is 1. The fourth-order valence-corrected chi connectivity index (χ4v) is 2.85. The molecule has 9 heteroatoms. The highest BCUT2D eigenvalue weighted by Gasteiger charge is 2.52. The van der Waals surface area contributed by atoms with Crippen LogP contribution >= 0.6 is 0 Å². The maximum absolute atomic E-state index is 13.1. The number of halogens is 2. The van der Waals surface area contributed by atoms with Crippen molar-refractivity contribution in [1.82, 2.24) is 9.78 Å². The molecule has 6 nitrogen and oxygen atoms in total. The van der Waals surface area contributed by atoms with E-state index in [1.807, 2.05) is 33.9 Å². The SMILES string of the molecule is CC1(C)OB(c2cnn(Cc3ccc4c(c3)OC(F)(F)O4)c2)OC1(C)C. The molecule has 1 saturated heterocycles. The Morgan fingerprint density at radius 1 is 1.04 bits per heavy atom. The molecule has 1 fully saturated rings. The second kappa shape index (κ2) is 5.44. The molecule has 0 unspecified atom stereocenters. The maximum atomic E-state index is 13.1. The molecule has 2 aromatic rings. The lowest BCUT2D eigenvalue weighted by molar-refractivity contribution is -0.286. The van der Waals surface area contributed by atoms with Gasteiger partial charge in [0.1, 0.15) is 0 Å². The minimum absolute atomic E-state index is 0.0193. The first-order valence-electron chi connectivity index (χ1n) is 8.31. The van der Waals surface area contributed by atoms with E-state index in [1.165, 1.54) is 12.1 Å². The molecule has 0 saturated carbocycles. The highest BCUT2D eigenvalue weighted by atomic mass is 19.3. The summed E-state index contributed by atoms with van der Waals surface area (Å²) in [4.78, 5) is 0. The number of hydrogen-bond donors (Lipinski definition) is 0. The molecule has 0 aliphatic carbocycles. The molecular formula is C17H19BF2N2O4. The van der Waals surface area contributed by atoms with E-state index in [1.54, 1.807) is 16.9 Å². The van der Waals surface area contributed by atoms with Gasteiger partial charge >= 0.3 is 13.4 Å². The number of hydrogen-bond acceptors (Lipinski definition) is 5. The van der Waals surface area contributed by atoms with Crippen LogP contribution in [0.5, 0.6) is 11.5 Å². The average molecular weight is 364 g/mol. The topological polar surface area (TPSA) is 54.7 Å². The summed E-state index contributed by atoms with van der Waals surface area (Å²) >= 11 is 0. The van der Waals surface area contributed by atoms with Crippen LogP contribution in [0.4, 0.5) is 8.78 Å². The molecule has 0 radical (unpaired) electrons. The van der Waals surface area contributed by atoms with Crippen molar-refractivity contribution >= 4 is 12.6 Å². The molecule has 2 aliphatic heterocycles. The highest BCUT2D eigenvalue weighted by molar-refractivity contribution is 6.61. The summed E-state index contributed by atoms with van der Waals surface area (Å²) in [5.74, 6) is 0.0444. The number of fused-ring (bicyclic) bond motifs is 1. The van der Waals surface area contributed by atoms with Crippen molar-refractivity contribution in [2.24, 2.45) is 0 Å². The van der Waals surface area contributed by atoms with Crippen LogP contribution in [0, 0.1) is 0 Å². The minimum atomic E-state index is -3.61. The third kappa shape index (κ3) is 2.95. The molecule has 138 valence electrons. The standard InChI is InChI=1S/C17H19BF2N2O4/c1-15(2)16(3,4)26-18(25-15)12-8-21-22(10-12)9-11-5-6-13-14(7-11)24-17(19,20)23-13/h5-8,10H,9H2,1-4H3. The summed E-state index contributed by atoms with van der Waals surface area (Å²) in [5, 5.41) is 4.31. The fraction of sp³-hybridized carbons (Fsp3) is 0.471. The summed E-state index contributed by atoms with van der Waals surface area (Å²) in [6.45, 7) is 8.33. The van der Waals surface area contributed by atoms with Gasteiger partial charge in [0.2, 0.25) is 0 Å². The molecule has 0 amide bonds. The predicted molar refractivity (Wildman–Crippen MR) is 89.7 cm³/mol. The van der Waals surface area contributed by atoms with Gasteiger partial charge in [-0.05, 0) is 45.4 Å². The van der Waals surface area contributed by atoms with Crippen molar-refractivity contribution in [3.05, 3.63) is 36.2 Å². The third-order valence-electron chi connectivity index (χ3n) is 4.99. The van der Waals surface area contributed by atoms with Crippen LogP contribution in [0.15, 0.2) is 30.6 Å². The maximum Gasteiger partial charge on any atom is 0.586 e. The number of aromatic nitrogens is 2. The molecule has 0 N–H and O–H groups in total. The molecule has 0 atom stereocenters. The number of nitrogens with zero attached hydrogens (tertiary/aromatic N) is 2. The van der Waals surface area contributed by atoms with E-state index >= 15 is 0 Å². The van der Waals surface area contributed by atoms with E-state index in [0.29, 0.717) is 6.54 Å². The molecule has 0 bridgehead atoms. The lowest BCUT2D eigenvalue weighted by Gasteiger charge is -2.32. The fourth-order valence-electron chi connectivity index (χ4n) is 2.85. The van der Waals surface area contributed by atoms with Crippen LogP contribution in [0.3, 0.4) is 0 Å². The Labute approximate surface area is 150 Å². The number of rotatable bonds is 3. The van der Waals surface area contributed by atoms with Gasteiger partial charge < -0.3 is 18.8 Å². The third-order valence-corrected chi connectivity index (χ3v) is 4.99.